The average Bonchev–Trinajstić information content (AvgIpc) is 2.98. The number of rotatable bonds is 13. The number of aromatic nitrogens is 1. The van der Waals surface area contributed by atoms with Gasteiger partial charge in [0, 0.05) is 12.7 Å². The largest absolute Gasteiger partial charge is 0.481 e. The highest BCUT2D eigenvalue weighted by Crippen LogP contribution is 2.31. The number of hydrogen-bond donors (Lipinski definition) is 5. The molecule has 4 rings (SSSR count). The highest BCUT2D eigenvalue weighted by atomic mass is 16.4. The first-order valence-corrected chi connectivity index (χ1v) is 14.0. The van der Waals surface area contributed by atoms with Gasteiger partial charge in [0.15, 0.2) is 0 Å². The lowest BCUT2D eigenvalue weighted by molar-refractivity contribution is -0.138. The third kappa shape index (κ3) is 8.14. The van der Waals surface area contributed by atoms with Crippen LogP contribution >= 0.6 is 0 Å². The Balaban J connectivity index is 1.30. The Hall–Kier alpha value is -4.76. The topological polar surface area (TPSA) is 146 Å². The minimum atomic E-state index is -1.05. The number of aliphatic carboxylic acids is 1. The quantitative estimate of drug-likeness (QED) is 0.150. The number of amides is 2. The molecule has 0 fully saturated rings. The zero-order valence-corrected chi connectivity index (χ0v) is 23.9. The van der Waals surface area contributed by atoms with E-state index >= 15 is 0 Å². The molecule has 9 nitrogen and oxygen atoms in total. The first-order chi connectivity index (χ1) is 20.2. The van der Waals surface area contributed by atoms with Crippen molar-refractivity contribution in [3.05, 3.63) is 95.7 Å². The number of pyridine rings is 1. The molecule has 2 amide bonds. The number of anilines is 1. The lowest BCUT2D eigenvalue weighted by Gasteiger charge is -2.19. The Labute approximate surface area is 245 Å². The maximum absolute atomic E-state index is 12.7. The highest BCUT2D eigenvalue weighted by molar-refractivity contribution is 5.98. The predicted octanol–water partition coefficient (Wildman–Crippen LogP) is 4.49. The minimum Gasteiger partial charge on any atom is -0.481 e. The smallest absolute Gasteiger partial charge is 0.305 e. The van der Waals surface area contributed by atoms with Crippen LogP contribution in [0, 0.1) is 13.8 Å². The molecule has 42 heavy (non-hydrogen) atoms. The van der Waals surface area contributed by atoms with Gasteiger partial charge in [-0.2, -0.15) is 0 Å². The minimum absolute atomic E-state index is 0.297. The Kier molecular flexibility index (Phi) is 10.2. The fourth-order valence-corrected chi connectivity index (χ4v) is 4.87. The second kappa shape index (κ2) is 14.2. The summed E-state index contributed by atoms with van der Waals surface area (Å²) < 4.78 is 0. The van der Waals surface area contributed by atoms with E-state index in [2.05, 4.69) is 52.1 Å². The molecule has 2 unspecified atom stereocenters. The molecule has 6 N–H and O–H groups in total. The summed E-state index contributed by atoms with van der Waals surface area (Å²) in [6.07, 6.45) is 2.50. The first-order valence-electron chi connectivity index (χ1n) is 14.0. The summed E-state index contributed by atoms with van der Waals surface area (Å²) in [6, 6.07) is 22.2. The molecule has 1 aromatic heterocycles. The van der Waals surface area contributed by atoms with Crippen molar-refractivity contribution in [2.75, 3.05) is 18.4 Å². The molecule has 0 aliphatic rings. The van der Waals surface area contributed by atoms with Crippen molar-refractivity contribution in [2.24, 2.45) is 5.73 Å². The molecule has 2 atom stereocenters. The van der Waals surface area contributed by atoms with Crippen LogP contribution in [0.5, 0.6) is 0 Å². The van der Waals surface area contributed by atoms with E-state index in [0.29, 0.717) is 24.9 Å². The average molecular weight is 568 g/mol. The number of nitrogens with zero attached hydrogens (tertiary/aromatic N) is 1. The van der Waals surface area contributed by atoms with E-state index in [1.54, 1.807) is 6.20 Å². The van der Waals surface area contributed by atoms with Gasteiger partial charge in [0.05, 0.1) is 25.0 Å². The second-order valence-corrected chi connectivity index (χ2v) is 10.4. The molecular formula is C33H37N5O4. The Bertz CT molecular complexity index is 1550. The van der Waals surface area contributed by atoms with Gasteiger partial charge in [0.1, 0.15) is 5.82 Å². The number of carboxylic acids is 1. The van der Waals surface area contributed by atoms with E-state index in [1.807, 2.05) is 55.5 Å². The second-order valence-electron chi connectivity index (χ2n) is 10.4. The third-order valence-corrected chi connectivity index (χ3v) is 7.15. The van der Waals surface area contributed by atoms with Gasteiger partial charge in [0.2, 0.25) is 11.8 Å². The molecule has 0 radical (unpaired) electrons. The van der Waals surface area contributed by atoms with E-state index in [-0.39, 0.29) is 13.0 Å². The fraction of sp³-hybridized carbons (Fsp3) is 0.273. The molecule has 0 bridgehead atoms. The van der Waals surface area contributed by atoms with Crippen molar-refractivity contribution in [2.45, 2.75) is 45.2 Å². The molecule has 218 valence electrons. The van der Waals surface area contributed by atoms with Gasteiger partial charge < -0.3 is 26.8 Å². The van der Waals surface area contributed by atoms with Crippen molar-refractivity contribution < 1.29 is 19.5 Å². The van der Waals surface area contributed by atoms with E-state index < -0.39 is 29.9 Å². The lowest BCUT2D eigenvalue weighted by Crippen LogP contribution is -2.45. The number of benzene rings is 3. The van der Waals surface area contributed by atoms with Crippen LogP contribution in [0.2, 0.25) is 0 Å². The van der Waals surface area contributed by atoms with Crippen LogP contribution in [-0.4, -0.2) is 47.0 Å². The molecule has 0 spiro atoms. The number of hydrogen-bond acceptors (Lipinski definition) is 6. The molecule has 0 saturated heterocycles. The molecule has 0 saturated carbocycles. The van der Waals surface area contributed by atoms with Crippen LogP contribution in [0.25, 0.3) is 21.9 Å². The number of aryl methyl sites for hydroxylation is 2. The van der Waals surface area contributed by atoms with Gasteiger partial charge in [-0.1, -0.05) is 60.7 Å². The number of carbonyl (C=O) groups is 3. The standard InChI is InChI=1S/C33H37N5O4/c1-21-15-17-36-30(18-21)35-16-5-8-28(34)33(42)37-20-31(39)38-29(19-32(40)41)24-12-10-23(11-13-24)26-14-9-22(2)25-6-3-4-7-27(25)26/h3-4,6-7,9-15,17-18,28-29H,5,8,16,19-20,34H2,1-2H3,(H,35,36)(H,37,42)(H,38,39)(H,40,41). The van der Waals surface area contributed by atoms with Crippen LogP contribution < -0.4 is 21.7 Å². The summed E-state index contributed by atoms with van der Waals surface area (Å²) in [5, 5.41) is 20.3. The van der Waals surface area contributed by atoms with Crippen LogP contribution in [0.3, 0.4) is 0 Å². The van der Waals surface area contributed by atoms with Crippen LogP contribution in [0.15, 0.2) is 79.0 Å². The van der Waals surface area contributed by atoms with E-state index in [0.717, 1.165) is 27.9 Å². The highest BCUT2D eigenvalue weighted by Gasteiger charge is 2.20. The SMILES string of the molecule is Cc1ccnc(NCCCC(N)C(=O)NCC(=O)NC(CC(=O)O)c2ccc(-c3ccc(C)c4ccccc34)cc2)c1. The Morgan fingerprint density at radius 3 is 2.40 bits per heavy atom. The number of carboxylic acid groups (broad SMARTS) is 1. The van der Waals surface area contributed by atoms with Crippen LogP contribution in [0.4, 0.5) is 5.82 Å². The third-order valence-electron chi connectivity index (χ3n) is 7.15. The van der Waals surface area contributed by atoms with Gasteiger partial charge in [-0.05, 0) is 77.4 Å². The van der Waals surface area contributed by atoms with Crippen molar-refractivity contribution in [1.82, 2.24) is 15.6 Å². The fourth-order valence-electron chi connectivity index (χ4n) is 4.87. The lowest BCUT2D eigenvalue weighted by atomic mass is 9.94. The van der Waals surface area contributed by atoms with Crippen LogP contribution in [0.1, 0.15) is 42.0 Å². The summed E-state index contributed by atoms with van der Waals surface area (Å²) in [7, 11) is 0. The predicted molar refractivity (Wildman–Crippen MR) is 165 cm³/mol. The first kappa shape index (κ1) is 30.2. The molecule has 9 heteroatoms. The molecule has 0 aliphatic carbocycles. The van der Waals surface area contributed by atoms with Gasteiger partial charge in [-0.3, -0.25) is 14.4 Å². The van der Waals surface area contributed by atoms with Gasteiger partial charge in [0.25, 0.3) is 0 Å². The Morgan fingerprint density at radius 2 is 1.69 bits per heavy atom. The summed E-state index contributed by atoms with van der Waals surface area (Å²) in [5.41, 5.74) is 11.0. The molecular weight excluding hydrogens is 530 g/mol. The van der Waals surface area contributed by atoms with E-state index in [1.165, 1.54) is 10.9 Å². The van der Waals surface area contributed by atoms with Gasteiger partial charge in [-0.15, -0.1) is 0 Å². The Morgan fingerprint density at radius 1 is 0.952 bits per heavy atom. The summed E-state index contributed by atoms with van der Waals surface area (Å²) in [5.74, 6) is -1.22. The molecule has 1 heterocycles. The van der Waals surface area contributed by atoms with Crippen molar-refractivity contribution >= 4 is 34.4 Å². The molecule has 0 aliphatic heterocycles. The summed E-state index contributed by atoms with van der Waals surface area (Å²) in [4.78, 5) is 40.9. The number of nitrogens with one attached hydrogen (secondary N) is 3. The number of nitrogens with two attached hydrogens (primary N) is 1. The zero-order chi connectivity index (χ0) is 30.1. The van der Waals surface area contributed by atoms with Crippen molar-refractivity contribution in [3.8, 4) is 11.1 Å². The molecule has 4 aromatic rings. The van der Waals surface area contributed by atoms with E-state index in [9.17, 15) is 19.5 Å². The molecule has 3 aromatic carbocycles. The van der Waals surface area contributed by atoms with Crippen molar-refractivity contribution in [3.63, 3.8) is 0 Å². The van der Waals surface area contributed by atoms with Gasteiger partial charge in [-0.25, -0.2) is 4.98 Å². The maximum Gasteiger partial charge on any atom is 0.305 e. The maximum atomic E-state index is 12.7. The van der Waals surface area contributed by atoms with Crippen LogP contribution in [-0.2, 0) is 14.4 Å². The summed E-state index contributed by atoms with van der Waals surface area (Å²) in [6.45, 7) is 4.36. The number of carbonyl (C=O) groups excluding carboxylic acids is 2. The monoisotopic (exact) mass is 567 g/mol. The van der Waals surface area contributed by atoms with Gasteiger partial charge >= 0.3 is 5.97 Å². The number of fused-ring (bicyclic) bond motifs is 1. The zero-order valence-electron chi connectivity index (χ0n) is 23.9. The van der Waals surface area contributed by atoms with Crippen molar-refractivity contribution in [1.29, 1.82) is 0 Å². The summed E-state index contributed by atoms with van der Waals surface area (Å²) >= 11 is 0. The normalized spacial score (nSPS) is 12.4. The van der Waals surface area contributed by atoms with E-state index in [4.69, 9.17) is 5.73 Å².